The Labute approximate surface area is 117 Å². The molecule has 0 spiro atoms. The van der Waals surface area contributed by atoms with Crippen molar-refractivity contribution >= 4 is 11.8 Å². The summed E-state index contributed by atoms with van der Waals surface area (Å²) in [6, 6.07) is -0.868. The Kier molecular flexibility index (Phi) is 4.36. The molecule has 2 unspecified atom stereocenters. The number of aryl methyl sites for hydroxylation is 1. The minimum atomic E-state index is -0.459. The summed E-state index contributed by atoms with van der Waals surface area (Å²) in [6.45, 7) is 5.87. The average molecular weight is 280 g/mol. The Morgan fingerprint density at radius 1 is 1.40 bits per heavy atom. The predicted molar refractivity (Wildman–Crippen MR) is 70.8 cm³/mol. The van der Waals surface area contributed by atoms with Crippen LogP contribution in [0.3, 0.4) is 0 Å². The first-order valence-electron chi connectivity index (χ1n) is 6.93. The van der Waals surface area contributed by atoms with Crippen LogP contribution in [-0.2, 0) is 16.0 Å². The maximum Gasteiger partial charge on any atom is 0.245 e. The number of nitrogens with one attached hydrogen (secondary N) is 1. The van der Waals surface area contributed by atoms with Gasteiger partial charge in [-0.05, 0) is 20.3 Å². The molecule has 1 aromatic heterocycles. The molecule has 1 aliphatic heterocycles. The molecule has 0 saturated carbocycles. The molecule has 1 fully saturated rings. The third-order valence-corrected chi connectivity index (χ3v) is 3.46. The molecule has 0 aliphatic carbocycles. The molecule has 2 heterocycles. The summed E-state index contributed by atoms with van der Waals surface area (Å²) < 4.78 is 5.03. The molecule has 1 aromatic rings. The van der Waals surface area contributed by atoms with Crippen LogP contribution in [0.15, 0.2) is 4.52 Å². The average Bonchev–Trinajstić information content (AvgIpc) is 2.82. The van der Waals surface area contributed by atoms with Crippen LogP contribution in [0, 0.1) is 6.92 Å². The Morgan fingerprint density at radius 2 is 2.15 bits per heavy atom. The van der Waals surface area contributed by atoms with Crippen LogP contribution in [0.2, 0.25) is 0 Å². The SMILES string of the molecule is CCCC1NC(=O)C(C)N(CCc2nc(C)no2)C1=O. The van der Waals surface area contributed by atoms with Gasteiger partial charge in [0.2, 0.25) is 17.7 Å². The normalized spacial score (nSPS) is 23.1. The van der Waals surface area contributed by atoms with Gasteiger partial charge in [-0.1, -0.05) is 18.5 Å². The molecule has 20 heavy (non-hydrogen) atoms. The Balaban J connectivity index is 2.03. The summed E-state index contributed by atoms with van der Waals surface area (Å²) in [7, 11) is 0. The predicted octanol–water partition coefficient (Wildman–Crippen LogP) is 0.436. The lowest BCUT2D eigenvalue weighted by molar-refractivity contribution is -0.148. The quantitative estimate of drug-likeness (QED) is 0.845. The molecule has 2 rings (SSSR count). The topological polar surface area (TPSA) is 88.3 Å². The standard InChI is InChI=1S/C13H20N4O3/c1-4-5-10-13(19)17(8(2)12(18)15-10)7-6-11-14-9(3)16-20-11/h8,10H,4-7H2,1-3H3,(H,15,18). The van der Waals surface area contributed by atoms with Gasteiger partial charge >= 0.3 is 0 Å². The minimum Gasteiger partial charge on any atom is -0.343 e. The van der Waals surface area contributed by atoms with Crippen molar-refractivity contribution in [2.75, 3.05) is 6.54 Å². The zero-order valence-electron chi connectivity index (χ0n) is 12.0. The number of carbonyl (C=O) groups is 2. The van der Waals surface area contributed by atoms with Crippen molar-refractivity contribution in [3.8, 4) is 0 Å². The largest absolute Gasteiger partial charge is 0.343 e. The first-order valence-corrected chi connectivity index (χ1v) is 6.93. The summed E-state index contributed by atoms with van der Waals surface area (Å²) in [5, 5.41) is 6.48. The lowest BCUT2D eigenvalue weighted by Crippen LogP contribution is -2.62. The van der Waals surface area contributed by atoms with Crippen LogP contribution in [0.4, 0.5) is 0 Å². The van der Waals surface area contributed by atoms with Crippen molar-refractivity contribution in [1.29, 1.82) is 0 Å². The van der Waals surface area contributed by atoms with Crippen LogP contribution in [0.1, 0.15) is 38.4 Å². The van der Waals surface area contributed by atoms with E-state index in [0.29, 0.717) is 31.1 Å². The van der Waals surface area contributed by atoms with Crippen LogP contribution in [0.25, 0.3) is 0 Å². The highest BCUT2D eigenvalue weighted by Gasteiger charge is 2.37. The molecule has 2 amide bonds. The summed E-state index contributed by atoms with van der Waals surface area (Å²) in [6.07, 6.45) is 1.97. The molecular formula is C13H20N4O3. The Hall–Kier alpha value is -1.92. The highest BCUT2D eigenvalue weighted by molar-refractivity contribution is 5.96. The van der Waals surface area contributed by atoms with Crippen molar-refractivity contribution < 1.29 is 14.1 Å². The highest BCUT2D eigenvalue weighted by atomic mass is 16.5. The lowest BCUT2D eigenvalue weighted by atomic mass is 10.0. The van der Waals surface area contributed by atoms with E-state index in [2.05, 4.69) is 15.5 Å². The van der Waals surface area contributed by atoms with Gasteiger partial charge in [-0.15, -0.1) is 0 Å². The first-order chi connectivity index (χ1) is 9.52. The first kappa shape index (κ1) is 14.5. The van der Waals surface area contributed by atoms with E-state index in [1.54, 1.807) is 18.7 Å². The van der Waals surface area contributed by atoms with Gasteiger partial charge in [0, 0.05) is 13.0 Å². The molecule has 1 N–H and O–H groups in total. The second-order valence-corrected chi connectivity index (χ2v) is 5.04. The van der Waals surface area contributed by atoms with E-state index >= 15 is 0 Å². The van der Waals surface area contributed by atoms with E-state index in [1.165, 1.54) is 0 Å². The molecule has 110 valence electrons. The summed E-state index contributed by atoms with van der Waals surface area (Å²) in [5.74, 6) is 0.917. The Morgan fingerprint density at radius 3 is 2.75 bits per heavy atom. The van der Waals surface area contributed by atoms with Crippen molar-refractivity contribution in [2.24, 2.45) is 0 Å². The molecule has 0 radical (unpaired) electrons. The number of piperazine rings is 1. The molecular weight excluding hydrogens is 260 g/mol. The fourth-order valence-electron chi connectivity index (χ4n) is 2.33. The summed E-state index contributed by atoms with van der Waals surface area (Å²) in [5.41, 5.74) is 0. The van der Waals surface area contributed by atoms with Gasteiger partial charge in [0.25, 0.3) is 0 Å². The van der Waals surface area contributed by atoms with E-state index < -0.39 is 12.1 Å². The van der Waals surface area contributed by atoms with Gasteiger partial charge < -0.3 is 14.7 Å². The van der Waals surface area contributed by atoms with Crippen molar-refractivity contribution in [1.82, 2.24) is 20.4 Å². The number of hydrogen-bond donors (Lipinski definition) is 1. The molecule has 2 atom stereocenters. The summed E-state index contributed by atoms with van der Waals surface area (Å²) in [4.78, 5) is 29.9. The molecule has 1 saturated heterocycles. The van der Waals surface area contributed by atoms with Gasteiger partial charge in [-0.3, -0.25) is 9.59 Å². The van der Waals surface area contributed by atoms with Crippen LogP contribution in [0.5, 0.6) is 0 Å². The van der Waals surface area contributed by atoms with E-state index in [0.717, 1.165) is 6.42 Å². The monoisotopic (exact) mass is 280 g/mol. The van der Waals surface area contributed by atoms with E-state index in [-0.39, 0.29) is 11.8 Å². The molecule has 1 aliphatic rings. The minimum absolute atomic E-state index is 0.0322. The third-order valence-electron chi connectivity index (χ3n) is 3.46. The molecule has 7 heteroatoms. The molecule has 7 nitrogen and oxygen atoms in total. The van der Waals surface area contributed by atoms with Crippen molar-refractivity contribution in [2.45, 2.75) is 52.1 Å². The van der Waals surface area contributed by atoms with Crippen LogP contribution < -0.4 is 5.32 Å². The Bertz CT molecular complexity index is 500. The zero-order valence-corrected chi connectivity index (χ0v) is 12.0. The fraction of sp³-hybridized carbons (Fsp3) is 0.692. The number of rotatable bonds is 5. The molecule has 0 aromatic carbocycles. The lowest BCUT2D eigenvalue weighted by Gasteiger charge is -2.37. The van der Waals surface area contributed by atoms with Crippen LogP contribution >= 0.6 is 0 Å². The van der Waals surface area contributed by atoms with Gasteiger partial charge in [0.05, 0.1) is 0 Å². The van der Waals surface area contributed by atoms with E-state index in [9.17, 15) is 9.59 Å². The highest BCUT2D eigenvalue weighted by Crippen LogP contribution is 2.14. The smallest absolute Gasteiger partial charge is 0.245 e. The van der Waals surface area contributed by atoms with Gasteiger partial charge in [-0.25, -0.2) is 0 Å². The molecule has 0 bridgehead atoms. The second-order valence-electron chi connectivity index (χ2n) is 5.04. The summed E-state index contributed by atoms with van der Waals surface area (Å²) >= 11 is 0. The number of nitrogens with zero attached hydrogens (tertiary/aromatic N) is 3. The van der Waals surface area contributed by atoms with Crippen molar-refractivity contribution in [3.63, 3.8) is 0 Å². The van der Waals surface area contributed by atoms with Gasteiger partial charge in [-0.2, -0.15) is 4.98 Å². The fourth-order valence-corrected chi connectivity index (χ4v) is 2.33. The number of carbonyl (C=O) groups excluding carboxylic acids is 2. The number of hydrogen-bond acceptors (Lipinski definition) is 5. The number of amides is 2. The third kappa shape index (κ3) is 2.97. The number of aromatic nitrogens is 2. The van der Waals surface area contributed by atoms with Gasteiger partial charge in [0.1, 0.15) is 12.1 Å². The van der Waals surface area contributed by atoms with E-state index in [4.69, 9.17) is 4.52 Å². The van der Waals surface area contributed by atoms with E-state index in [1.807, 2.05) is 6.92 Å². The second kappa shape index (κ2) is 6.02. The van der Waals surface area contributed by atoms with Crippen molar-refractivity contribution in [3.05, 3.63) is 11.7 Å². The van der Waals surface area contributed by atoms with Gasteiger partial charge in [0.15, 0.2) is 5.82 Å². The van der Waals surface area contributed by atoms with Crippen LogP contribution in [-0.4, -0.2) is 45.5 Å². The maximum absolute atomic E-state index is 12.3. The zero-order chi connectivity index (χ0) is 14.7. The maximum atomic E-state index is 12.3.